The molecule has 0 aromatic heterocycles. The Morgan fingerprint density at radius 1 is 1.58 bits per heavy atom. The Morgan fingerprint density at radius 3 is 2.42 bits per heavy atom. The van der Waals surface area contributed by atoms with E-state index >= 15 is 0 Å². The molecule has 0 N–H and O–H groups in total. The van der Waals surface area contributed by atoms with Gasteiger partial charge in [-0.1, -0.05) is 20.8 Å². The number of nitrogens with zero attached hydrogens (tertiary/aromatic N) is 1. The van der Waals surface area contributed by atoms with Gasteiger partial charge in [-0.3, -0.25) is 0 Å². The average molecular weight is 167 g/mol. The van der Waals surface area contributed by atoms with Crippen LogP contribution in [0.25, 0.3) is 0 Å². The molecule has 0 radical (unpaired) electrons. The third-order valence-electron chi connectivity index (χ3n) is 2.75. The van der Waals surface area contributed by atoms with Crippen LogP contribution >= 0.6 is 0 Å². The molecular formula is C10H17NO. The van der Waals surface area contributed by atoms with E-state index in [1.165, 1.54) is 0 Å². The molecule has 12 heavy (non-hydrogen) atoms. The van der Waals surface area contributed by atoms with Crippen LogP contribution in [0.1, 0.15) is 40.0 Å². The number of hydrogen-bond acceptors (Lipinski definition) is 2. The summed E-state index contributed by atoms with van der Waals surface area (Å²) in [6.07, 6.45) is 3.02. The number of nitriles is 1. The molecule has 0 aliphatic rings. The van der Waals surface area contributed by atoms with E-state index in [1.54, 1.807) is 0 Å². The van der Waals surface area contributed by atoms with Crippen molar-refractivity contribution >= 4 is 6.29 Å². The quantitative estimate of drug-likeness (QED) is 0.590. The fourth-order valence-electron chi connectivity index (χ4n) is 1.44. The first-order valence-corrected chi connectivity index (χ1v) is 4.46. The highest BCUT2D eigenvalue weighted by Gasteiger charge is 2.30. The molecule has 0 heterocycles. The van der Waals surface area contributed by atoms with Crippen LogP contribution < -0.4 is 0 Å². The zero-order valence-corrected chi connectivity index (χ0v) is 8.13. The Kier molecular flexibility index (Phi) is 4.58. The number of carbonyl (C=O) groups excluding carboxylic acids is 1. The Balaban J connectivity index is 4.37. The van der Waals surface area contributed by atoms with Crippen LogP contribution in [0.2, 0.25) is 0 Å². The van der Waals surface area contributed by atoms with Crippen molar-refractivity contribution < 1.29 is 4.79 Å². The molecule has 0 aromatic rings. The molecule has 1 atom stereocenters. The van der Waals surface area contributed by atoms with Crippen molar-refractivity contribution in [1.29, 1.82) is 5.26 Å². The summed E-state index contributed by atoms with van der Waals surface area (Å²) >= 11 is 0. The fourth-order valence-corrected chi connectivity index (χ4v) is 1.44. The van der Waals surface area contributed by atoms with Gasteiger partial charge in [0.1, 0.15) is 6.29 Å². The summed E-state index contributed by atoms with van der Waals surface area (Å²) in [5, 5.41) is 8.44. The topological polar surface area (TPSA) is 40.9 Å². The third kappa shape index (κ3) is 2.34. The van der Waals surface area contributed by atoms with E-state index in [1.807, 2.05) is 20.8 Å². The summed E-state index contributed by atoms with van der Waals surface area (Å²) in [6.45, 7) is 6.08. The summed E-state index contributed by atoms with van der Waals surface area (Å²) in [4.78, 5) is 10.9. The first-order valence-electron chi connectivity index (χ1n) is 4.46. The Labute approximate surface area is 74.6 Å². The molecule has 0 saturated heterocycles. The third-order valence-corrected chi connectivity index (χ3v) is 2.75. The lowest BCUT2D eigenvalue weighted by Crippen LogP contribution is -2.28. The summed E-state index contributed by atoms with van der Waals surface area (Å²) in [6, 6.07) is 2.09. The van der Waals surface area contributed by atoms with Crippen LogP contribution in [0.15, 0.2) is 0 Å². The van der Waals surface area contributed by atoms with Gasteiger partial charge in [-0.15, -0.1) is 0 Å². The minimum absolute atomic E-state index is 0.268. The maximum Gasteiger partial charge on any atom is 0.126 e. The van der Waals surface area contributed by atoms with E-state index < -0.39 is 0 Å². The van der Waals surface area contributed by atoms with E-state index in [0.29, 0.717) is 18.8 Å². The Morgan fingerprint density at radius 2 is 2.17 bits per heavy atom. The Hall–Kier alpha value is -0.840. The van der Waals surface area contributed by atoms with Crippen molar-refractivity contribution in [2.45, 2.75) is 40.0 Å². The maximum absolute atomic E-state index is 10.9. The van der Waals surface area contributed by atoms with Crippen LogP contribution in [0.3, 0.4) is 0 Å². The van der Waals surface area contributed by atoms with Gasteiger partial charge in [-0.25, -0.2) is 0 Å². The molecular weight excluding hydrogens is 150 g/mol. The molecule has 1 unspecified atom stereocenters. The highest BCUT2D eigenvalue weighted by Crippen LogP contribution is 2.33. The van der Waals surface area contributed by atoms with Gasteiger partial charge in [-0.2, -0.15) is 5.26 Å². The van der Waals surface area contributed by atoms with Crippen LogP contribution in [-0.2, 0) is 4.79 Å². The van der Waals surface area contributed by atoms with Crippen LogP contribution in [0.4, 0.5) is 0 Å². The van der Waals surface area contributed by atoms with Gasteiger partial charge in [0, 0.05) is 11.8 Å². The van der Waals surface area contributed by atoms with Gasteiger partial charge in [0.2, 0.25) is 0 Å². The van der Waals surface area contributed by atoms with Crippen molar-refractivity contribution in [3.8, 4) is 6.07 Å². The van der Waals surface area contributed by atoms with E-state index in [4.69, 9.17) is 5.26 Å². The molecule has 0 aromatic carbocycles. The SMILES string of the molecule is CCC(C=O)(CCC#N)C(C)C. The second-order valence-electron chi connectivity index (χ2n) is 3.52. The van der Waals surface area contributed by atoms with Crippen LogP contribution in [0, 0.1) is 22.7 Å². The van der Waals surface area contributed by atoms with Gasteiger partial charge in [-0.05, 0) is 18.8 Å². The lowest BCUT2D eigenvalue weighted by atomic mass is 9.73. The second kappa shape index (κ2) is 4.92. The predicted octanol–water partition coefficient (Wildman–Crippen LogP) is 2.54. The van der Waals surface area contributed by atoms with Gasteiger partial charge >= 0.3 is 0 Å². The first-order chi connectivity index (χ1) is 5.63. The average Bonchev–Trinajstić information content (AvgIpc) is 2.07. The molecule has 0 saturated carbocycles. The highest BCUT2D eigenvalue weighted by molar-refractivity contribution is 5.59. The van der Waals surface area contributed by atoms with E-state index in [2.05, 4.69) is 6.07 Å². The van der Waals surface area contributed by atoms with E-state index in [-0.39, 0.29) is 5.41 Å². The Bertz CT molecular complexity index is 181. The molecule has 0 spiro atoms. The van der Waals surface area contributed by atoms with Crippen molar-refractivity contribution in [2.24, 2.45) is 11.3 Å². The number of hydrogen-bond donors (Lipinski definition) is 0. The standard InChI is InChI=1S/C10H17NO/c1-4-10(8-12,9(2)3)6-5-7-11/h8-9H,4-6H2,1-3H3. The maximum atomic E-state index is 10.9. The summed E-state index contributed by atoms with van der Waals surface area (Å²) in [5.41, 5.74) is -0.268. The molecule has 2 nitrogen and oxygen atoms in total. The molecule has 0 aliphatic carbocycles. The van der Waals surface area contributed by atoms with Crippen molar-refractivity contribution in [2.75, 3.05) is 0 Å². The van der Waals surface area contributed by atoms with Gasteiger partial charge in [0.15, 0.2) is 0 Å². The van der Waals surface area contributed by atoms with Crippen LogP contribution in [0.5, 0.6) is 0 Å². The minimum Gasteiger partial charge on any atom is -0.303 e. The largest absolute Gasteiger partial charge is 0.303 e. The first kappa shape index (κ1) is 11.2. The molecule has 0 aliphatic heterocycles. The lowest BCUT2D eigenvalue weighted by Gasteiger charge is -2.29. The minimum atomic E-state index is -0.268. The number of rotatable bonds is 5. The summed E-state index contributed by atoms with van der Waals surface area (Å²) in [5.74, 6) is 0.327. The zero-order valence-electron chi connectivity index (χ0n) is 8.13. The van der Waals surface area contributed by atoms with E-state index in [0.717, 1.165) is 12.7 Å². The predicted molar refractivity (Wildman–Crippen MR) is 48.5 cm³/mol. The molecule has 2 heteroatoms. The van der Waals surface area contributed by atoms with Gasteiger partial charge in [0.25, 0.3) is 0 Å². The molecule has 0 rings (SSSR count). The van der Waals surface area contributed by atoms with E-state index in [9.17, 15) is 4.79 Å². The smallest absolute Gasteiger partial charge is 0.126 e. The summed E-state index contributed by atoms with van der Waals surface area (Å²) in [7, 11) is 0. The fraction of sp³-hybridized carbons (Fsp3) is 0.800. The van der Waals surface area contributed by atoms with Crippen molar-refractivity contribution in [3.63, 3.8) is 0 Å². The lowest BCUT2D eigenvalue weighted by molar-refractivity contribution is -0.119. The van der Waals surface area contributed by atoms with Gasteiger partial charge in [0.05, 0.1) is 6.07 Å². The second-order valence-corrected chi connectivity index (χ2v) is 3.52. The molecule has 68 valence electrons. The number of aldehydes is 1. The molecule has 0 fully saturated rings. The van der Waals surface area contributed by atoms with Crippen molar-refractivity contribution in [1.82, 2.24) is 0 Å². The molecule has 0 amide bonds. The zero-order chi connectivity index (χ0) is 9.61. The van der Waals surface area contributed by atoms with Crippen molar-refractivity contribution in [3.05, 3.63) is 0 Å². The summed E-state index contributed by atoms with van der Waals surface area (Å²) < 4.78 is 0. The van der Waals surface area contributed by atoms with Crippen LogP contribution in [-0.4, -0.2) is 6.29 Å². The normalized spacial score (nSPS) is 15.2. The van der Waals surface area contributed by atoms with Gasteiger partial charge < -0.3 is 4.79 Å². The highest BCUT2D eigenvalue weighted by atomic mass is 16.1. The monoisotopic (exact) mass is 167 g/mol. The number of carbonyl (C=O) groups is 1. The molecule has 0 bridgehead atoms.